The predicted octanol–water partition coefficient (Wildman–Crippen LogP) is 3.27. The second-order valence-electron chi connectivity index (χ2n) is 5.59. The fraction of sp³-hybridized carbons (Fsp3) is 0.533. The molecule has 4 heteroatoms. The molecule has 0 fully saturated rings. The van der Waals surface area contributed by atoms with E-state index in [1.807, 2.05) is 12.1 Å². The van der Waals surface area contributed by atoms with Crippen molar-refractivity contribution < 1.29 is 14.6 Å². The van der Waals surface area contributed by atoms with Crippen molar-refractivity contribution in [1.29, 1.82) is 0 Å². The van der Waals surface area contributed by atoms with Gasteiger partial charge in [0.1, 0.15) is 5.75 Å². The summed E-state index contributed by atoms with van der Waals surface area (Å²) in [7, 11) is 1.67. The van der Waals surface area contributed by atoms with Crippen molar-refractivity contribution in [2.45, 2.75) is 39.0 Å². The van der Waals surface area contributed by atoms with Gasteiger partial charge in [0.15, 0.2) is 0 Å². The van der Waals surface area contributed by atoms with Crippen molar-refractivity contribution in [3.8, 4) is 5.75 Å². The Kier molecular flexibility index (Phi) is 5.21. The van der Waals surface area contributed by atoms with Gasteiger partial charge in [0.05, 0.1) is 7.11 Å². The van der Waals surface area contributed by atoms with Crippen LogP contribution in [0.3, 0.4) is 0 Å². The number of hydrogen-bond acceptors (Lipinski definition) is 3. The quantitative estimate of drug-likeness (QED) is 0.775. The molecule has 0 unspecified atom stereocenters. The number of anilines is 1. The van der Waals surface area contributed by atoms with Crippen LogP contribution in [0.5, 0.6) is 5.75 Å². The van der Waals surface area contributed by atoms with Crippen LogP contribution in [0.4, 0.5) is 5.69 Å². The van der Waals surface area contributed by atoms with Crippen LogP contribution in [0.1, 0.15) is 39.2 Å². The van der Waals surface area contributed by atoms with E-state index in [1.165, 1.54) is 0 Å². The van der Waals surface area contributed by atoms with E-state index < -0.39 is 5.97 Å². The van der Waals surface area contributed by atoms with Gasteiger partial charge >= 0.3 is 5.97 Å². The van der Waals surface area contributed by atoms with Crippen LogP contribution < -0.4 is 10.1 Å². The van der Waals surface area contributed by atoms with Gasteiger partial charge in [0, 0.05) is 24.2 Å². The molecule has 0 aliphatic carbocycles. The lowest BCUT2D eigenvalue weighted by Crippen LogP contribution is -2.14. The molecule has 2 N–H and O–H groups in total. The maximum absolute atomic E-state index is 10.4. The van der Waals surface area contributed by atoms with E-state index >= 15 is 0 Å². The van der Waals surface area contributed by atoms with E-state index in [0.29, 0.717) is 13.0 Å². The number of nitrogens with one attached hydrogen (secondary N) is 1. The molecule has 1 aromatic rings. The SMILES string of the molecule is COc1ccc(NCCCC(=O)O)cc1C(C)(C)C. The van der Waals surface area contributed by atoms with Gasteiger partial charge in [-0.15, -0.1) is 0 Å². The van der Waals surface area contributed by atoms with Gasteiger partial charge in [0.2, 0.25) is 0 Å². The summed E-state index contributed by atoms with van der Waals surface area (Å²) in [5.41, 5.74) is 2.14. The Balaban J connectivity index is 2.73. The lowest BCUT2D eigenvalue weighted by atomic mass is 9.86. The molecule has 19 heavy (non-hydrogen) atoms. The topological polar surface area (TPSA) is 58.6 Å². The van der Waals surface area contributed by atoms with Crippen molar-refractivity contribution in [2.75, 3.05) is 19.0 Å². The summed E-state index contributed by atoms with van der Waals surface area (Å²) in [4.78, 5) is 10.4. The fourth-order valence-corrected chi connectivity index (χ4v) is 1.88. The minimum atomic E-state index is -0.757. The predicted molar refractivity (Wildman–Crippen MR) is 77.1 cm³/mol. The Bertz CT molecular complexity index is 436. The number of hydrogen-bond donors (Lipinski definition) is 2. The molecule has 106 valence electrons. The van der Waals surface area contributed by atoms with Crippen molar-refractivity contribution in [3.05, 3.63) is 23.8 Å². The first-order chi connectivity index (χ1) is 8.84. The first-order valence-corrected chi connectivity index (χ1v) is 6.49. The molecule has 0 spiro atoms. The van der Waals surface area contributed by atoms with Crippen molar-refractivity contribution in [1.82, 2.24) is 0 Å². The molecule has 0 amide bonds. The standard InChI is InChI=1S/C15H23NO3/c1-15(2,3)12-10-11(7-8-13(12)19-4)16-9-5-6-14(17)18/h7-8,10,16H,5-6,9H2,1-4H3,(H,17,18). The van der Waals surface area contributed by atoms with Gasteiger partial charge in [-0.1, -0.05) is 20.8 Å². The highest BCUT2D eigenvalue weighted by atomic mass is 16.5. The lowest BCUT2D eigenvalue weighted by Gasteiger charge is -2.23. The summed E-state index contributed by atoms with van der Waals surface area (Å²) in [5, 5.41) is 11.8. The van der Waals surface area contributed by atoms with Crippen molar-refractivity contribution in [3.63, 3.8) is 0 Å². The molecule has 0 atom stereocenters. The number of carboxylic acids is 1. The van der Waals surface area contributed by atoms with Crippen molar-refractivity contribution >= 4 is 11.7 Å². The number of carbonyl (C=O) groups is 1. The highest BCUT2D eigenvalue weighted by Crippen LogP contribution is 2.33. The molecule has 0 aliphatic heterocycles. The van der Waals surface area contributed by atoms with Crippen LogP contribution in [-0.4, -0.2) is 24.7 Å². The molecule has 0 aliphatic rings. The van der Waals surface area contributed by atoms with Crippen LogP contribution >= 0.6 is 0 Å². The summed E-state index contributed by atoms with van der Waals surface area (Å²) in [6, 6.07) is 5.97. The Labute approximate surface area is 114 Å². The summed E-state index contributed by atoms with van der Waals surface area (Å²) in [6.07, 6.45) is 0.807. The van der Waals surface area contributed by atoms with Gasteiger partial charge in [-0.2, -0.15) is 0 Å². The minimum Gasteiger partial charge on any atom is -0.496 e. The smallest absolute Gasteiger partial charge is 0.303 e. The number of aliphatic carboxylic acids is 1. The zero-order valence-corrected chi connectivity index (χ0v) is 12.1. The highest BCUT2D eigenvalue weighted by Gasteiger charge is 2.19. The highest BCUT2D eigenvalue weighted by molar-refractivity contribution is 5.66. The molecule has 0 heterocycles. The van der Waals surface area contributed by atoms with E-state index in [-0.39, 0.29) is 11.8 Å². The second kappa shape index (κ2) is 6.45. The largest absolute Gasteiger partial charge is 0.496 e. The van der Waals surface area contributed by atoms with Gasteiger partial charge in [-0.25, -0.2) is 0 Å². The van der Waals surface area contributed by atoms with Gasteiger partial charge in [0.25, 0.3) is 0 Å². The first-order valence-electron chi connectivity index (χ1n) is 6.49. The number of methoxy groups -OCH3 is 1. The fourth-order valence-electron chi connectivity index (χ4n) is 1.88. The van der Waals surface area contributed by atoms with Crippen molar-refractivity contribution in [2.24, 2.45) is 0 Å². The third-order valence-corrected chi connectivity index (χ3v) is 2.90. The van der Waals surface area contributed by atoms with Gasteiger partial charge in [-0.05, 0) is 30.0 Å². The van der Waals surface area contributed by atoms with Crippen LogP contribution in [0, 0.1) is 0 Å². The first kappa shape index (κ1) is 15.3. The maximum atomic E-state index is 10.4. The minimum absolute atomic E-state index is 0.00407. The summed E-state index contributed by atoms with van der Waals surface area (Å²) in [6.45, 7) is 7.07. The Morgan fingerprint density at radius 2 is 2.05 bits per heavy atom. The van der Waals surface area contributed by atoms with E-state index in [2.05, 4.69) is 32.2 Å². The molecule has 1 aromatic carbocycles. The average molecular weight is 265 g/mol. The molecule has 0 bridgehead atoms. The third kappa shape index (κ3) is 4.81. The molecule has 1 rings (SSSR count). The molecule has 0 aromatic heterocycles. The zero-order valence-electron chi connectivity index (χ0n) is 12.1. The molecular formula is C15H23NO3. The number of rotatable bonds is 6. The van der Waals surface area contributed by atoms with Crippen LogP contribution in [-0.2, 0) is 10.2 Å². The van der Waals surface area contributed by atoms with Crippen LogP contribution in [0.15, 0.2) is 18.2 Å². The van der Waals surface area contributed by atoms with Gasteiger partial charge in [-0.3, -0.25) is 4.79 Å². The Morgan fingerprint density at radius 3 is 2.58 bits per heavy atom. The average Bonchev–Trinajstić information content (AvgIpc) is 2.33. The molecule has 0 saturated heterocycles. The number of benzene rings is 1. The van der Waals surface area contributed by atoms with Crippen LogP contribution in [0.25, 0.3) is 0 Å². The van der Waals surface area contributed by atoms with Crippen LogP contribution in [0.2, 0.25) is 0 Å². The monoisotopic (exact) mass is 265 g/mol. The molecular weight excluding hydrogens is 242 g/mol. The van der Waals surface area contributed by atoms with Gasteiger partial charge < -0.3 is 15.2 Å². The molecule has 0 saturated carbocycles. The molecule has 4 nitrogen and oxygen atoms in total. The zero-order chi connectivity index (χ0) is 14.5. The Morgan fingerprint density at radius 1 is 1.37 bits per heavy atom. The van der Waals surface area contributed by atoms with E-state index in [9.17, 15) is 4.79 Å². The summed E-state index contributed by atoms with van der Waals surface area (Å²) < 4.78 is 5.38. The normalized spacial score (nSPS) is 11.2. The number of ether oxygens (including phenoxy) is 1. The lowest BCUT2D eigenvalue weighted by molar-refractivity contribution is -0.137. The van der Waals surface area contributed by atoms with E-state index in [1.54, 1.807) is 7.11 Å². The van der Waals surface area contributed by atoms with E-state index in [0.717, 1.165) is 17.0 Å². The number of carboxylic acid groups (broad SMARTS) is 1. The second-order valence-corrected chi connectivity index (χ2v) is 5.59. The Hall–Kier alpha value is -1.71. The molecule has 0 radical (unpaired) electrons. The maximum Gasteiger partial charge on any atom is 0.303 e. The summed E-state index contributed by atoms with van der Waals surface area (Å²) >= 11 is 0. The summed E-state index contributed by atoms with van der Waals surface area (Å²) in [5.74, 6) is 0.121. The van der Waals surface area contributed by atoms with E-state index in [4.69, 9.17) is 9.84 Å². The third-order valence-electron chi connectivity index (χ3n) is 2.90.